The van der Waals surface area contributed by atoms with Gasteiger partial charge >= 0.3 is 0 Å². The maximum Gasteiger partial charge on any atom is 0.273 e. The van der Waals surface area contributed by atoms with E-state index in [1.54, 1.807) is 0 Å². The van der Waals surface area contributed by atoms with E-state index in [-0.39, 0.29) is 17.6 Å². The summed E-state index contributed by atoms with van der Waals surface area (Å²) in [5.74, 6) is -0.306. The topological polar surface area (TPSA) is 97.2 Å². The Morgan fingerprint density at radius 3 is 2.90 bits per heavy atom. The van der Waals surface area contributed by atoms with Gasteiger partial charge in [0.15, 0.2) is 5.69 Å². The standard InChI is InChI=1S/C11H19N5O3S/c1-12-11(17)10-8-15(14-13-10)7-9-5-3-4-6-16(9)20(2,18)19/h8-9H,3-7H2,1-2H3,(H,12,17). The van der Waals surface area contributed by atoms with Crippen LogP contribution in [-0.4, -0.2) is 59.5 Å². The highest BCUT2D eigenvalue weighted by Gasteiger charge is 2.29. The number of rotatable bonds is 4. The second-order valence-corrected chi connectivity index (χ2v) is 6.86. The summed E-state index contributed by atoms with van der Waals surface area (Å²) < 4.78 is 26.6. The lowest BCUT2D eigenvalue weighted by atomic mass is 10.1. The lowest BCUT2D eigenvalue weighted by Gasteiger charge is -2.33. The molecule has 20 heavy (non-hydrogen) atoms. The molecule has 8 nitrogen and oxygen atoms in total. The van der Waals surface area contributed by atoms with Crippen molar-refractivity contribution in [3.8, 4) is 0 Å². The molecule has 1 fully saturated rings. The van der Waals surface area contributed by atoms with E-state index >= 15 is 0 Å². The monoisotopic (exact) mass is 301 g/mol. The van der Waals surface area contributed by atoms with Gasteiger partial charge in [0.1, 0.15) is 0 Å². The van der Waals surface area contributed by atoms with Gasteiger partial charge in [0, 0.05) is 19.6 Å². The zero-order chi connectivity index (χ0) is 14.8. The third-order valence-electron chi connectivity index (χ3n) is 3.40. The molecule has 1 N–H and O–H groups in total. The van der Waals surface area contributed by atoms with Crippen molar-refractivity contribution in [1.82, 2.24) is 24.6 Å². The first-order valence-electron chi connectivity index (χ1n) is 6.51. The number of piperidine rings is 1. The Kier molecular flexibility index (Phi) is 4.39. The first-order chi connectivity index (χ1) is 9.41. The second-order valence-electron chi connectivity index (χ2n) is 4.93. The van der Waals surface area contributed by atoms with E-state index in [9.17, 15) is 13.2 Å². The molecule has 0 radical (unpaired) electrons. The molecule has 0 spiro atoms. The van der Waals surface area contributed by atoms with Crippen LogP contribution in [0.4, 0.5) is 0 Å². The van der Waals surface area contributed by atoms with Crippen molar-refractivity contribution in [1.29, 1.82) is 0 Å². The number of nitrogens with zero attached hydrogens (tertiary/aromatic N) is 4. The summed E-state index contributed by atoms with van der Waals surface area (Å²) in [6.45, 7) is 0.956. The van der Waals surface area contributed by atoms with Crippen LogP contribution in [0.2, 0.25) is 0 Å². The van der Waals surface area contributed by atoms with Crippen LogP contribution in [0.1, 0.15) is 29.8 Å². The fraction of sp³-hybridized carbons (Fsp3) is 0.727. The molecule has 0 aromatic carbocycles. The number of carbonyl (C=O) groups is 1. The number of aromatic nitrogens is 3. The minimum atomic E-state index is -3.22. The van der Waals surface area contributed by atoms with Crippen molar-refractivity contribution in [2.45, 2.75) is 31.8 Å². The third-order valence-corrected chi connectivity index (χ3v) is 4.73. The fourth-order valence-electron chi connectivity index (χ4n) is 2.43. The van der Waals surface area contributed by atoms with Crippen molar-refractivity contribution >= 4 is 15.9 Å². The van der Waals surface area contributed by atoms with E-state index in [0.717, 1.165) is 19.3 Å². The molecule has 1 atom stereocenters. The Bertz CT molecular complexity index is 583. The van der Waals surface area contributed by atoms with Crippen LogP contribution < -0.4 is 5.32 Å². The second kappa shape index (κ2) is 5.88. The normalized spacial score (nSPS) is 20.8. The molecule has 1 unspecified atom stereocenters. The van der Waals surface area contributed by atoms with E-state index in [4.69, 9.17) is 0 Å². The fourth-order valence-corrected chi connectivity index (χ4v) is 3.60. The first-order valence-corrected chi connectivity index (χ1v) is 8.35. The van der Waals surface area contributed by atoms with Crippen molar-refractivity contribution in [3.63, 3.8) is 0 Å². The Hall–Kier alpha value is -1.48. The van der Waals surface area contributed by atoms with Crippen molar-refractivity contribution < 1.29 is 13.2 Å². The van der Waals surface area contributed by atoms with E-state index in [0.29, 0.717) is 13.1 Å². The summed E-state index contributed by atoms with van der Waals surface area (Å²) in [4.78, 5) is 11.4. The van der Waals surface area contributed by atoms with Crippen LogP contribution >= 0.6 is 0 Å². The van der Waals surface area contributed by atoms with Crippen LogP contribution in [0.3, 0.4) is 0 Å². The van der Waals surface area contributed by atoms with Gasteiger partial charge < -0.3 is 5.32 Å². The molecule has 1 aromatic rings. The number of amides is 1. The van der Waals surface area contributed by atoms with Crippen LogP contribution in [0.25, 0.3) is 0 Å². The van der Waals surface area contributed by atoms with Crippen molar-refractivity contribution in [2.75, 3.05) is 19.8 Å². The maximum absolute atomic E-state index is 11.8. The SMILES string of the molecule is CNC(=O)c1cn(CC2CCCCN2S(C)(=O)=O)nn1. The average molecular weight is 301 g/mol. The van der Waals surface area contributed by atoms with Crippen LogP contribution in [0, 0.1) is 0 Å². The molecule has 112 valence electrons. The number of hydrogen-bond acceptors (Lipinski definition) is 5. The lowest BCUT2D eigenvalue weighted by Crippen LogP contribution is -2.45. The van der Waals surface area contributed by atoms with Gasteiger partial charge in [-0.3, -0.25) is 9.48 Å². The predicted octanol–water partition coefficient (Wildman–Crippen LogP) is -0.548. The molecule has 0 aliphatic carbocycles. The highest BCUT2D eigenvalue weighted by molar-refractivity contribution is 7.88. The average Bonchev–Trinajstić information content (AvgIpc) is 2.86. The van der Waals surface area contributed by atoms with E-state index in [1.165, 1.54) is 28.5 Å². The van der Waals surface area contributed by atoms with Crippen molar-refractivity contribution in [3.05, 3.63) is 11.9 Å². The number of sulfonamides is 1. The van der Waals surface area contributed by atoms with E-state index in [2.05, 4.69) is 15.6 Å². The molecule has 2 heterocycles. The molecule has 2 rings (SSSR count). The van der Waals surface area contributed by atoms with Gasteiger partial charge in [-0.1, -0.05) is 11.6 Å². The van der Waals surface area contributed by atoms with E-state index in [1.807, 2.05) is 0 Å². The molecule has 1 aromatic heterocycles. The van der Waals surface area contributed by atoms with Gasteiger partial charge in [0.25, 0.3) is 5.91 Å². The number of hydrogen-bond donors (Lipinski definition) is 1. The highest BCUT2D eigenvalue weighted by Crippen LogP contribution is 2.21. The van der Waals surface area contributed by atoms with Crippen LogP contribution in [-0.2, 0) is 16.6 Å². The third kappa shape index (κ3) is 3.34. The number of carbonyl (C=O) groups excluding carboxylic acids is 1. The van der Waals surface area contributed by atoms with Gasteiger partial charge in [-0.05, 0) is 12.8 Å². The quantitative estimate of drug-likeness (QED) is 0.805. The van der Waals surface area contributed by atoms with Crippen LogP contribution in [0.5, 0.6) is 0 Å². The highest BCUT2D eigenvalue weighted by atomic mass is 32.2. The summed E-state index contributed by atoms with van der Waals surface area (Å²) >= 11 is 0. The van der Waals surface area contributed by atoms with E-state index < -0.39 is 10.0 Å². The Morgan fingerprint density at radius 2 is 2.25 bits per heavy atom. The molecular weight excluding hydrogens is 282 g/mol. The summed E-state index contributed by atoms with van der Waals surface area (Å²) in [6.07, 6.45) is 5.43. The van der Waals surface area contributed by atoms with Crippen LogP contribution in [0.15, 0.2) is 6.20 Å². The Balaban J connectivity index is 2.11. The molecule has 0 saturated carbocycles. The number of nitrogens with one attached hydrogen (secondary N) is 1. The molecular formula is C11H19N5O3S. The predicted molar refractivity (Wildman–Crippen MR) is 72.6 cm³/mol. The smallest absolute Gasteiger partial charge is 0.273 e. The minimum absolute atomic E-state index is 0.127. The van der Waals surface area contributed by atoms with Crippen molar-refractivity contribution in [2.24, 2.45) is 0 Å². The van der Waals surface area contributed by atoms with Gasteiger partial charge in [0.05, 0.1) is 19.0 Å². The molecule has 1 aliphatic rings. The molecule has 1 aliphatic heterocycles. The van der Waals surface area contributed by atoms with Gasteiger partial charge in [-0.2, -0.15) is 4.31 Å². The Labute approximate surface area is 118 Å². The lowest BCUT2D eigenvalue weighted by molar-refractivity contribution is 0.0958. The summed E-state index contributed by atoms with van der Waals surface area (Å²) in [6, 6.07) is -0.127. The molecule has 1 saturated heterocycles. The zero-order valence-corrected chi connectivity index (χ0v) is 12.4. The molecule has 0 bridgehead atoms. The summed E-state index contributed by atoms with van der Waals surface area (Å²) in [5.41, 5.74) is 0.231. The zero-order valence-electron chi connectivity index (χ0n) is 11.6. The first kappa shape index (κ1) is 14.9. The summed E-state index contributed by atoms with van der Waals surface area (Å²) in [7, 11) is -1.70. The largest absolute Gasteiger partial charge is 0.354 e. The van der Waals surface area contributed by atoms with Gasteiger partial charge in [-0.25, -0.2) is 8.42 Å². The van der Waals surface area contributed by atoms with Gasteiger partial charge in [0.2, 0.25) is 10.0 Å². The summed E-state index contributed by atoms with van der Waals surface area (Å²) in [5, 5.41) is 10.1. The maximum atomic E-state index is 11.8. The Morgan fingerprint density at radius 1 is 1.50 bits per heavy atom. The minimum Gasteiger partial charge on any atom is -0.354 e. The van der Waals surface area contributed by atoms with Gasteiger partial charge in [-0.15, -0.1) is 5.10 Å². The molecule has 9 heteroatoms. The molecule has 1 amide bonds.